The number of hydrogen-bond donors (Lipinski definition) is 1. The van der Waals surface area contributed by atoms with Crippen molar-refractivity contribution < 1.29 is 14.0 Å². The van der Waals surface area contributed by atoms with Gasteiger partial charge >= 0.3 is 0 Å². The zero-order chi connectivity index (χ0) is 22.2. The summed E-state index contributed by atoms with van der Waals surface area (Å²) in [5.74, 6) is -0.502. The van der Waals surface area contributed by atoms with Crippen molar-refractivity contribution in [2.75, 3.05) is 0 Å². The summed E-state index contributed by atoms with van der Waals surface area (Å²) in [6, 6.07) is 13.6. The van der Waals surface area contributed by atoms with E-state index in [2.05, 4.69) is 5.32 Å². The first-order valence-electron chi connectivity index (χ1n) is 11.4. The molecule has 31 heavy (non-hydrogen) atoms. The molecule has 0 heterocycles. The van der Waals surface area contributed by atoms with Crippen LogP contribution >= 0.6 is 0 Å². The Kier molecular flexibility index (Phi) is 8.21. The Morgan fingerprint density at radius 3 is 2.42 bits per heavy atom. The van der Waals surface area contributed by atoms with Crippen LogP contribution < -0.4 is 5.32 Å². The normalized spacial score (nSPS) is 15.3. The number of carbonyl (C=O) groups excluding carboxylic acids is 2. The van der Waals surface area contributed by atoms with Gasteiger partial charge in [-0.3, -0.25) is 9.59 Å². The molecule has 2 aromatic carbocycles. The molecule has 4 nitrogen and oxygen atoms in total. The number of nitrogens with one attached hydrogen (secondary N) is 1. The Hall–Kier alpha value is -2.69. The number of rotatable bonds is 8. The lowest BCUT2D eigenvalue weighted by Gasteiger charge is -2.33. The van der Waals surface area contributed by atoms with E-state index in [1.807, 2.05) is 38.1 Å². The second-order valence-corrected chi connectivity index (χ2v) is 8.58. The highest BCUT2D eigenvalue weighted by Crippen LogP contribution is 2.20. The smallest absolute Gasteiger partial charge is 0.243 e. The first-order chi connectivity index (χ1) is 15.0. The first-order valence-corrected chi connectivity index (χ1v) is 11.4. The highest BCUT2D eigenvalue weighted by Gasteiger charge is 2.30. The summed E-state index contributed by atoms with van der Waals surface area (Å²) in [7, 11) is 0. The van der Waals surface area contributed by atoms with Gasteiger partial charge in [0.05, 0.1) is 6.42 Å². The van der Waals surface area contributed by atoms with Crippen molar-refractivity contribution in [1.82, 2.24) is 10.2 Å². The van der Waals surface area contributed by atoms with E-state index in [1.54, 1.807) is 17.0 Å². The lowest BCUT2D eigenvalue weighted by Crippen LogP contribution is -2.51. The average Bonchev–Trinajstić information content (AvgIpc) is 2.75. The molecule has 166 valence electrons. The van der Waals surface area contributed by atoms with Gasteiger partial charge in [-0.1, -0.05) is 68.1 Å². The number of benzene rings is 2. The molecule has 1 saturated carbocycles. The summed E-state index contributed by atoms with van der Waals surface area (Å²) in [5.41, 5.74) is 2.83. The van der Waals surface area contributed by atoms with E-state index in [9.17, 15) is 14.0 Å². The molecule has 0 saturated heterocycles. The van der Waals surface area contributed by atoms with Gasteiger partial charge in [-0.05, 0) is 49.4 Å². The molecule has 1 aliphatic carbocycles. The summed E-state index contributed by atoms with van der Waals surface area (Å²) in [6.07, 6.45) is 6.24. The van der Waals surface area contributed by atoms with Crippen LogP contribution in [-0.2, 0) is 22.6 Å². The minimum Gasteiger partial charge on any atom is -0.352 e. The molecule has 2 amide bonds. The quantitative estimate of drug-likeness (QED) is 0.653. The molecular formula is C26H33FN2O2. The zero-order valence-electron chi connectivity index (χ0n) is 18.6. The fourth-order valence-corrected chi connectivity index (χ4v) is 4.35. The summed E-state index contributed by atoms with van der Waals surface area (Å²) < 4.78 is 13.4. The van der Waals surface area contributed by atoms with E-state index in [0.717, 1.165) is 42.4 Å². The van der Waals surface area contributed by atoms with Gasteiger partial charge in [0.25, 0.3) is 0 Å². The van der Waals surface area contributed by atoms with E-state index in [0.29, 0.717) is 6.42 Å². The summed E-state index contributed by atoms with van der Waals surface area (Å²) in [6.45, 7) is 4.21. The van der Waals surface area contributed by atoms with Crippen molar-refractivity contribution in [3.63, 3.8) is 0 Å². The Morgan fingerprint density at radius 2 is 1.77 bits per heavy atom. The second-order valence-electron chi connectivity index (χ2n) is 8.58. The standard InChI is InChI=1S/C26H33FN2O2/c1-3-24(26(31)28-23-10-5-4-6-11-23)29(18-20-12-14-22(27)15-13-20)25(30)17-21-9-7-8-19(2)16-21/h7-9,12-16,23-24H,3-6,10-11,17-18H2,1-2H3,(H,28,31)/t24-/m1/s1. The molecule has 0 radical (unpaired) electrons. The fourth-order valence-electron chi connectivity index (χ4n) is 4.35. The van der Waals surface area contributed by atoms with Gasteiger partial charge in [0.15, 0.2) is 0 Å². The van der Waals surface area contributed by atoms with Crippen LogP contribution in [0.2, 0.25) is 0 Å². The zero-order valence-corrected chi connectivity index (χ0v) is 18.6. The molecule has 5 heteroatoms. The van der Waals surface area contributed by atoms with E-state index in [1.165, 1.54) is 18.6 Å². The molecule has 2 aromatic rings. The Morgan fingerprint density at radius 1 is 1.06 bits per heavy atom. The molecule has 1 atom stereocenters. The number of hydrogen-bond acceptors (Lipinski definition) is 2. The summed E-state index contributed by atoms with van der Waals surface area (Å²) in [4.78, 5) is 28.2. The maximum Gasteiger partial charge on any atom is 0.243 e. The van der Waals surface area contributed by atoms with Gasteiger partial charge in [0.2, 0.25) is 11.8 Å². The molecule has 3 rings (SSSR count). The topological polar surface area (TPSA) is 49.4 Å². The second kappa shape index (κ2) is 11.1. The van der Waals surface area contributed by atoms with Crippen molar-refractivity contribution in [3.8, 4) is 0 Å². The molecule has 0 aromatic heterocycles. The number of halogens is 1. The van der Waals surface area contributed by atoms with Crippen molar-refractivity contribution in [3.05, 3.63) is 71.0 Å². The molecule has 1 N–H and O–H groups in total. The van der Waals surface area contributed by atoms with Gasteiger partial charge in [-0.2, -0.15) is 0 Å². The van der Waals surface area contributed by atoms with Crippen LogP contribution in [0.1, 0.15) is 62.1 Å². The van der Waals surface area contributed by atoms with E-state index >= 15 is 0 Å². The molecular weight excluding hydrogens is 391 g/mol. The third-order valence-corrected chi connectivity index (χ3v) is 6.04. The molecule has 1 aliphatic rings. The lowest BCUT2D eigenvalue weighted by atomic mass is 9.95. The average molecular weight is 425 g/mol. The molecule has 0 bridgehead atoms. The highest BCUT2D eigenvalue weighted by molar-refractivity contribution is 5.88. The predicted molar refractivity (Wildman–Crippen MR) is 121 cm³/mol. The monoisotopic (exact) mass is 424 g/mol. The summed E-state index contributed by atoms with van der Waals surface area (Å²) in [5, 5.41) is 3.18. The third-order valence-electron chi connectivity index (χ3n) is 6.04. The van der Waals surface area contributed by atoms with Crippen LogP contribution in [0.5, 0.6) is 0 Å². The lowest BCUT2D eigenvalue weighted by molar-refractivity contribution is -0.141. The molecule has 1 fully saturated rings. The van der Waals surface area contributed by atoms with Crippen LogP contribution in [0.25, 0.3) is 0 Å². The fraction of sp³-hybridized carbons (Fsp3) is 0.462. The number of aryl methyl sites for hydroxylation is 1. The van der Waals surface area contributed by atoms with Crippen molar-refractivity contribution in [2.45, 2.75) is 77.4 Å². The van der Waals surface area contributed by atoms with Crippen LogP contribution in [0.3, 0.4) is 0 Å². The van der Waals surface area contributed by atoms with Crippen LogP contribution in [0, 0.1) is 12.7 Å². The SMILES string of the molecule is CC[C@H](C(=O)NC1CCCCC1)N(Cc1ccc(F)cc1)C(=O)Cc1cccc(C)c1. The Balaban J connectivity index is 1.80. The molecule has 0 aliphatic heterocycles. The Bertz CT molecular complexity index is 875. The van der Waals surface area contributed by atoms with Crippen molar-refractivity contribution in [2.24, 2.45) is 0 Å². The van der Waals surface area contributed by atoms with Crippen LogP contribution in [0.15, 0.2) is 48.5 Å². The van der Waals surface area contributed by atoms with Crippen LogP contribution in [0.4, 0.5) is 4.39 Å². The third kappa shape index (κ3) is 6.65. The van der Waals surface area contributed by atoms with Gasteiger partial charge < -0.3 is 10.2 Å². The minimum atomic E-state index is -0.552. The van der Waals surface area contributed by atoms with Crippen molar-refractivity contribution >= 4 is 11.8 Å². The predicted octanol–water partition coefficient (Wildman–Crippen LogP) is 4.93. The minimum absolute atomic E-state index is 0.0888. The molecule has 0 spiro atoms. The number of nitrogens with zero attached hydrogens (tertiary/aromatic N) is 1. The highest BCUT2D eigenvalue weighted by atomic mass is 19.1. The van der Waals surface area contributed by atoms with Gasteiger partial charge in [0, 0.05) is 12.6 Å². The van der Waals surface area contributed by atoms with Crippen molar-refractivity contribution in [1.29, 1.82) is 0 Å². The van der Waals surface area contributed by atoms with E-state index < -0.39 is 6.04 Å². The molecule has 0 unspecified atom stereocenters. The van der Waals surface area contributed by atoms with Crippen LogP contribution in [-0.4, -0.2) is 28.8 Å². The maximum absolute atomic E-state index is 13.4. The van der Waals surface area contributed by atoms with E-state index in [-0.39, 0.29) is 36.6 Å². The Labute approximate surface area is 184 Å². The van der Waals surface area contributed by atoms with Gasteiger partial charge in [-0.25, -0.2) is 4.39 Å². The largest absolute Gasteiger partial charge is 0.352 e. The maximum atomic E-state index is 13.4. The number of carbonyl (C=O) groups is 2. The summed E-state index contributed by atoms with van der Waals surface area (Å²) >= 11 is 0. The first kappa shape index (κ1) is 23.0. The van der Waals surface area contributed by atoms with Gasteiger partial charge in [0.1, 0.15) is 11.9 Å². The number of amides is 2. The van der Waals surface area contributed by atoms with E-state index in [4.69, 9.17) is 0 Å². The van der Waals surface area contributed by atoms with Gasteiger partial charge in [-0.15, -0.1) is 0 Å².